The van der Waals surface area contributed by atoms with Crippen molar-refractivity contribution in [2.75, 3.05) is 6.54 Å². The molecule has 3 rings (SSSR count). The molecule has 3 nitrogen and oxygen atoms in total. The molecule has 2 atom stereocenters. The molecule has 0 bridgehead atoms. The van der Waals surface area contributed by atoms with E-state index in [1.54, 1.807) is 0 Å². The minimum absolute atomic E-state index is 0.0210. The second kappa shape index (κ2) is 6.11. The first kappa shape index (κ1) is 18.9. The van der Waals surface area contributed by atoms with Crippen molar-refractivity contribution in [3.63, 3.8) is 0 Å². The molecule has 1 aromatic carbocycles. The molecular formula is C16H15F7N2O. The molecule has 1 saturated heterocycles. The topological polar surface area (TPSA) is 41.1 Å². The van der Waals surface area contributed by atoms with Crippen molar-refractivity contribution >= 4 is 5.91 Å². The number of carbonyl (C=O) groups is 1. The fourth-order valence-electron chi connectivity index (χ4n) is 3.06. The van der Waals surface area contributed by atoms with Crippen LogP contribution in [-0.2, 0) is 22.7 Å². The number of amides is 1. The summed E-state index contributed by atoms with van der Waals surface area (Å²) in [6, 6.07) is 0.453. The molecule has 2 N–H and O–H groups in total. The third-order valence-electron chi connectivity index (χ3n) is 4.65. The third-order valence-corrected chi connectivity index (χ3v) is 4.65. The van der Waals surface area contributed by atoms with Crippen LogP contribution < -0.4 is 10.6 Å². The summed E-state index contributed by atoms with van der Waals surface area (Å²) in [5, 5.41) is 5.13. The Hall–Kier alpha value is -1.84. The number of benzene rings is 1. The lowest BCUT2D eigenvalue weighted by Crippen LogP contribution is -2.45. The van der Waals surface area contributed by atoms with Gasteiger partial charge < -0.3 is 10.6 Å². The van der Waals surface area contributed by atoms with Crippen LogP contribution in [0.15, 0.2) is 18.2 Å². The molecular weight excluding hydrogens is 369 g/mol. The summed E-state index contributed by atoms with van der Waals surface area (Å²) in [6.45, 7) is -0.0210. The lowest BCUT2D eigenvalue weighted by Gasteiger charge is -2.23. The monoisotopic (exact) mass is 384 g/mol. The lowest BCUT2D eigenvalue weighted by molar-refractivity contribution is -0.143. The Morgan fingerprint density at radius 2 is 1.58 bits per heavy atom. The maximum atomic E-state index is 13.2. The van der Waals surface area contributed by atoms with Gasteiger partial charge in [-0.25, -0.2) is 4.39 Å². The first-order valence-electron chi connectivity index (χ1n) is 7.90. The average molecular weight is 384 g/mol. The van der Waals surface area contributed by atoms with Crippen molar-refractivity contribution in [3.05, 3.63) is 34.9 Å². The van der Waals surface area contributed by atoms with E-state index in [1.165, 1.54) is 0 Å². The Balaban J connectivity index is 1.91. The Labute approximate surface area is 143 Å². The number of hydrogen-bond acceptors (Lipinski definition) is 2. The fourth-order valence-corrected chi connectivity index (χ4v) is 3.06. The number of carbonyl (C=O) groups excluding carboxylic acids is 1. The van der Waals surface area contributed by atoms with E-state index >= 15 is 0 Å². The second-order valence-corrected chi connectivity index (χ2v) is 6.66. The summed E-state index contributed by atoms with van der Waals surface area (Å²) >= 11 is 0. The maximum absolute atomic E-state index is 13.2. The van der Waals surface area contributed by atoms with Crippen molar-refractivity contribution in [3.8, 4) is 0 Å². The number of alkyl halides is 7. The van der Waals surface area contributed by atoms with Crippen molar-refractivity contribution in [2.24, 2.45) is 0 Å². The molecule has 1 aliphatic heterocycles. The van der Waals surface area contributed by atoms with Crippen LogP contribution in [0.5, 0.6) is 0 Å². The van der Waals surface area contributed by atoms with Gasteiger partial charge in [0.25, 0.3) is 0 Å². The molecule has 1 aromatic rings. The predicted molar refractivity (Wildman–Crippen MR) is 76.8 cm³/mol. The highest BCUT2D eigenvalue weighted by Crippen LogP contribution is 2.48. The number of rotatable bonds is 3. The Morgan fingerprint density at radius 1 is 1.04 bits per heavy atom. The molecule has 144 valence electrons. The summed E-state index contributed by atoms with van der Waals surface area (Å²) in [4.78, 5) is 12.2. The lowest BCUT2D eigenvalue weighted by atomic mass is 9.97. The molecule has 0 unspecified atom stereocenters. The highest BCUT2D eigenvalue weighted by atomic mass is 19.4. The van der Waals surface area contributed by atoms with Crippen LogP contribution in [0.4, 0.5) is 30.7 Å². The van der Waals surface area contributed by atoms with Gasteiger partial charge in [0.2, 0.25) is 5.91 Å². The fraction of sp³-hybridized carbons (Fsp3) is 0.562. The smallest absolute Gasteiger partial charge is 0.345 e. The van der Waals surface area contributed by atoms with E-state index in [4.69, 9.17) is 0 Å². The first-order valence-corrected chi connectivity index (χ1v) is 7.90. The maximum Gasteiger partial charge on any atom is 0.416 e. The van der Waals surface area contributed by atoms with E-state index in [0.717, 1.165) is 0 Å². The van der Waals surface area contributed by atoms with E-state index in [0.29, 0.717) is 12.1 Å². The minimum atomic E-state index is -4.95. The van der Waals surface area contributed by atoms with E-state index in [-0.39, 0.29) is 37.4 Å². The van der Waals surface area contributed by atoms with Gasteiger partial charge in [0.1, 0.15) is 6.17 Å². The normalized spacial score (nSPS) is 25.2. The van der Waals surface area contributed by atoms with Crippen molar-refractivity contribution in [1.29, 1.82) is 0 Å². The largest absolute Gasteiger partial charge is 0.416 e. The van der Waals surface area contributed by atoms with Crippen LogP contribution in [0.2, 0.25) is 0 Å². The minimum Gasteiger partial charge on any atom is -0.345 e. The predicted octanol–water partition coefficient (Wildman–Crippen LogP) is 3.53. The molecule has 1 heterocycles. The summed E-state index contributed by atoms with van der Waals surface area (Å²) < 4.78 is 91.1. The van der Waals surface area contributed by atoms with Gasteiger partial charge in [0.15, 0.2) is 0 Å². The number of hydrogen-bond donors (Lipinski definition) is 2. The van der Waals surface area contributed by atoms with Crippen LogP contribution in [0.1, 0.15) is 36.0 Å². The summed E-state index contributed by atoms with van der Waals surface area (Å²) in [5.74, 6) is -0.631. The van der Waals surface area contributed by atoms with Gasteiger partial charge in [0, 0.05) is 13.0 Å². The zero-order valence-corrected chi connectivity index (χ0v) is 13.3. The highest BCUT2D eigenvalue weighted by Gasteiger charge is 2.49. The Bertz CT molecular complexity index is 677. The van der Waals surface area contributed by atoms with Gasteiger partial charge in [-0.1, -0.05) is 0 Å². The van der Waals surface area contributed by atoms with E-state index in [2.05, 4.69) is 10.6 Å². The summed E-state index contributed by atoms with van der Waals surface area (Å²) in [5.41, 5.74) is -4.38. The van der Waals surface area contributed by atoms with Crippen LogP contribution >= 0.6 is 0 Å². The van der Waals surface area contributed by atoms with Crippen LogP contribution in [0.3, 0.4) is 0 Å². The van der Waals surface area contributed by atoms with Gasteiger partial charge in [0.05, 0.1) is 22.7 Å². The van der Waals surface area contributed by atoms with Gasteiger partial charge in [-0.05, 0) is 36.6 Å². The first-order chi connectivity index (χ1) is 11.9. The third kappa shape index (κ3) is 3.79. The van der Waals surface area contributed by atoms with Gasteiger partial charge in [-0.3, -0.25) is 4.79 Å². The molecule has 1 aliphatic carbocycles. The molecule has 0 radical (unpaired) electrons. The number of nitrogens with one attached hydrogen (secondary N) is 2. The van der Waals surface area contributed by atoms with Crippen molar-refractivity contribution in [1.82, 2.24) is 10.6 Å². The summed E-state index contributed by atoms with van der Waals surface area (Å²) in [7, 11) is 0. The molecule has 10 heteroatoms. The Kier molecular flexibility index (Phi) is 4.45. The SMILES string of the molecule is O=C(NC1(c2cc(C(F)(F)F)cc(C(F)(F)F)c2)CC1)[C@H]1C[C@H](F)CN1. The van der Waals surface area contributed by atoms with Crippen molar-refractivity contribution < 1.29 is 35.5 Å². The van der Waals surface area contributed by atoms with E-state index in [9.17, 15) is 35.5 Å². The van der Waals surface area contributed by atoms with Crippen LogP contribution in [0, 0.1) is 0 Å². The average Bonchev–Trinajstić information content (AvgIpc) is 3.17. The van der Waals surface area contributed by atoms with E-state index < -0.39 is 47.1 Å². The van der Waals surface area contributed by atoms with E-state index in [1.807, 2.05) is 0 Å². The summed E-state index contributed by atoms with van der Waals surface area (Å²) in [6.07, 6.45) is -10.8. The molecule has 1 saturated carbocycles. The van der Waals surface area contributed by atoms with Crippen LogP contribution in [0.25, 0.3) is 0 Å². The van der Waals surface area contributed by atoms with Crippen molar-refractivity contribution in [2.45, 2.75) is 49.4 Å². The zero-order chi connectivity index (χ0) is 19.3. The second-order valence-electron chi connectivity index (χ2n) is 6.66. The number of halogens is 7. The van der Waals surface area contributed by atoms with Crippen LogP contribution in [-0.4, -0.2) is 24.7 Å². The molecule has 26 heavy (non-hydrogen) atoms. The molecule has 2 aliphatic rings. The highest BCUT2D eigenvalue weighted by molar-refractivity contribution is 5.83. The molecule has 1 amide bonds. The standard InChI is InChI=1S/C16H15F7N2O/c17-11-6-12(24-7-11)13(26)25-14(1-2-14)8-3-9(15(18,19)20)5-10(4-8)16(21,22)23/h3-5,11-12,24H,1-2,6-7H2,(H,25,26)/t11-,12+/m0/s1. The quantitative estimate of drug-likeness (QED) is 0.783. The van der Waals surface area contributed by atoms with Gasteiger partial charge >= 0.3 is 12.4 Å². The van der Waals surface area contributed by atoms with Gasteiger partial charge in [-0.2, -0.15) is 26.3 Å². The molecule has 0 aromatic heterocycles. The van der Waals surface area contributed by atoms with Gasteiger partial charge in [-0.15, -0.1) is 0 Å². The molecule has 0 spiro atoms. The Morgan fingerprint density at radius 3 is 1.96 bits per heavy atom. The molecule has 2 fully saturated rings. The zero-order valence-electron chi connectivity index (χ0n) is 13.3.